The smallest absolute Gasteiger partial charge is 0.261 e. The van der Waals surface area contributed by atoms with E-state index in [9.17, 15) is 9.59 Å². The number of likely N-dealkylation sites (tertiary alicyclic amines) is 1. The van der Waals surface area contributed by atoms with Crippen LogP contribution < -0.4 is 5.56 Å². The predicted octanol–water partition coefficient (Wildman–Crippen LogP) is 2.56. The van der Waals surface area contributed by atoms with Gasteiger partial charge in [-0.1, -0.05) is 15.9 Å². The molecule has 1 saturated heterocycles. The number of fused-ring (bicyclic) bond motifs is 1. The second-order valence-electron chi connectivity index (χ2n) is 5.77. The summed E-state index contributed by atoms with van der Waals surface area (Å²) >= 11 is 3.36. The van der Waals surface area contributed by atoms with Crippen molar-refractivity contribution >= 4 is 32.7 Å². The van der Waals surface area contributed by atoms with Gasteiger partial charge in [0.15, 0.2) is 0 Å². The molecule has 1 unspecified atom stereocenters. The first-order chi connectivity index (χ1) is 10.6. The third-order valence-electron chi connectivity index (χ3n) is 4.21. The number of hydrogen-bond acceptors (Lipinski definition) is 3. The van der Waals surface area contributed by atoms with Crippen molar-refractivity contribution in [2.75, 3.05) is 6.54 Å². The first kappa shape index (κ1) is 15.2. The summed E-state index contributed by atoms with van der Waals surface area (Å²) in [5.41, 5.74) is 0.465. The molecule has 6 heteroatoms. The topological polar surface area (TPSA) is 55.2 Å². The van der Waals surface area contributed by atoms with Gasteiger partial charge in [0.1, 0.15) is 6.54 Å². The standard InChI is InChI=1S/C16H18BrN3O2/c1-11-4-2-3-7-20(11)15(21)9-19-10-18-14-6-5-12(17)8-13(14)16(19)22/h5-6,8,10-11H,2-4,7,9H2,1H3. The number of benzene rings is 1. The van der Waals surface area contributed by atoms with Crippen molar-refractivity contribution in [2.24, 2.45) is 0 Å². The van der Waals surface area contributed by atoms with Gasteiger partial charge in [0.25, 0.3) is 5.56 Å². The molecule has 116 valence electrons. The molecule has 0 radical (unpaired) electrons. The van der Waals surface area contributed by atoms with E-state index in [1.807, 2.05) is 11.0 Å². The molecular formula is C16H18BrN3O2. The molecule has 1 aromatic carbocycles. The molecular weight excluding hydrogens is 346 g/mol. The molecule has 5 nitrogen and oxygen atoms in total. The van der Waals surface area contributed by atoms with Gasteiger partial charge >= 0.3 is 0 Å². The molecule has 0 bridgehead atoms. The van der Waals surface area contributed by atoms with Gasteiger partial charge < -0.3 is 4.90 Å². The van der Waals surface area contributed by atoms with E-state index in [2.05, 4.69) is 27.8 Å². The highest BCUT2D eigenvalue weighted by molar-refractivity contribution is 9.10. The highest BCUT2D eigenvalue weighted by Gasteiger charge is 2.23. The summed E-state index contributed by atoms with van der Waals surface area (Å²) in [5.74, 6) is -0.00885. The van der Waals surface area contributed by atoms with Crippen LogP contribution in [-0.2, 0) is 11.3 Å². The number of carbonyl (C=O) groups excluding carboxylic acids is 1. The van der Waals surface area contributed by atoms with Crippen LogP contribution in [0.5, 0.6) is 0 Å². The maximum Gasteiger partial charge on any atom is 0.261 e. The van der Waals surface area contributed by atoms with Crippen molar-refractivity contribution in [1.29, 1.82) is 0 Å². The summed E-state index contributed by atoms with van der Waals surface area (Å²) in [7, 11) is 0. The molecule has 0 aliphatic carbocycles. The Balaban J connectivity index is 1.89. The summed E-state index contributed by atoms with van der Waals surface area (Å²) in [4.78, 5) is 31.1. The quantitative estimate of drug-likeness (QED) is 0.823. The molecule has 0 saturated carbocycles. The summed E-state index contributed by atoms with van der Waals surface area (Å²) in [6.45, 7) is 2.90. The van der Waals surface area contributed by atoms with Gasteiger partial charge in [-0.05, 0) is 44.4 Å². The Morgan fingerprint density at radius 3 is 3.00 bits per heavy atom. The van der Waals surface area contributed by atoms with Crippen molar-refractivity contribution in [1.82, 2.24) is 14.5 Å². The maximum absolute atomic E-state index is 12.5. The summed E-state index contributed by atoms with van der Waals surface area (Å²) in [5, 5.41) is 0.524. The van der Waals surface area contributed by atoms with Gasteiger partial charge in [0.05, 0.1) is 17.2 Å². The number of piperidine rings is 1. The predicted molar refractivity (Wildman–Crippen MR) is 88.7 cm³/mol. The number of halogens is 1. The van der Waals surface area contributed by atoms with Gasteiger partial charge in [-0.3, -0.25) is 14.2 Å². The molecule has 1 atom stereocenters. The zero-order valence-corrected chi connectivity index (χ0v) is 14.0. The Morgan fingerprint density at radius 2 is 2.23 bits per heavy atom. The lowest BCUT2D eigenvalue weighted by Crippen LogP contribution is -2.44. The van der Waals surface area contributed by atoms with Gasteiger partial charge in [0, 0.05) is 17.1 Å². The Labute approximate surface area is 137 Å². The monoisotopic (exact) mass is 363 g/mol. The fourth-order valence-electron chi connectivity index (χ4n) is 2.95. The van der Waals surface area contributed by atoms with Crippen molar-refractivity contribution in [3.05, 3.63) is 39.4 Å². The molecule has 22 heavy (non-hydrogen) atoms. The summed E-state index contributed by atoms with van der Waals surface area (Å²) in [6.07, 6.45) is 4.69. The van der Waals surface area contributed by atoms with Crippen LogP contribution in [0, 0.1) is 0 Å². The number of aromatic nitrogens is 2. The second kappa shape index (κ2) is 6.20. The lowest BCUT2D eigenvalue weighted by molar-refractivity contribution is -0.135. The SMILES string of the molecule is CC1CCCCN1C(=O)Cn1cnc2ccc(Br)cc2c1=O. The third-order valence-corrected chi connectivity index (χ3v) is 4.71. The molecule has 3 rings (SSSR count). The van der Waals surface area contributed by atoms with Crippen molar-refractivity contribution in [3.63, 3.8) is 0 Å². The molecule has 0 spiro atoms. The van der Waals surface area contributed by atoms with Crippen LogP contribution in [0.2, 0.25) is 0 Å². The van der Waals surface area contributed by atoms with Crippen molar-refractivity contribution < 1.29 is 4.79 Å². The van der Waals surface area contributed by atoms with Crippen LogP contribution in [0.25, 0.3) is 10.9 Å². The molecule has 1 amide bonds. The van der Waals surface area contributed by atoms with E-state index in [0.717, 1.165) is 30.3 Å². The lowest BCUT2D eigenvalue weighted by atomic mass is 10.0. The molecule has 0 N–H and O–H groups in total. The number of amides is 1. The highest BCUT2D eigenvalue weighted by atomic mass is 79.9. The van der Waals surface area contributed by atoms with Gasteiger partial charge in [-0.2, -0.15) is 0 Å². The highest BCUT2D eigenvalue weighted by Crippen LogP contribution is 2.17. The molecule has 1 aliphatic rings. The Bertz CT molecular complexity index is 772. The van der Waals surface area contributed by atoms with E-state index in [1.54, 1.807) is 12.1 Å². The average molecular weight is 364 g/mol. The van der Waals surface area contributed by atoms with Crippen LogP contribution in [0.15, 0.2) is 33.8 Å². The lowest BCUT2D eigenvalue weighted by Gasteiger charge is -2.33. The van der Waals surface area contributed by atoms with Crippen LogP contribution >= 0.6 is 15.9 Å². The molecule has 1 aromatic heterocycles. The largest absolute Gasteiger partial charge is 0.338 e. The number of nitrogens with zero attached hydrogens (tertiary/aromatic N) is 3. The van der Waals surface area contributed by atoms with Crippen LogP contribution in [-0.4, -0.2) is 32.9 Å². The van der Waals surface area contributed by atoms with Crippen LogP contribution in [0.3, 0.4) is 0 Å². The Morgan fingerprint density at radius 1 is 1.41 bits per heavy atom. The van der Waals surface area contributed by atoms with E-state index >= 15 is 0 Å². The molecule has 2 heterocycles. The Kier molecular flexibility index (Phi) is 4.29. The summed E-state index contributed by atoms with van der Waals surface area (Å²) in [6, 6.07) is 5.63. The molecule has 1 fully saturated rings. The van der Waals surface area contributed by atoms with E-state index in [0.29, 0.717) is 10.9 Å². The fraction of sp³-hybridized carbons (Fsp3) is 0.438. The Hall–Kier alpha value is -1.69. The van der Waals surface area contributed by atoms with Gasteiger partial charge in [0.2, 0.25) is 5.91 Å². The van der Waals surface area contributed by atoms with Crippen molar-refractivity contribution in [2.45, 2.75) is 38.8 Å². The van der Waals surface area contributed by atoms with E-state index in [-0.39, 0.29) is 24.1 Å². The van der Waals surface area contributed by atoms with Gasteiger partial charge in [-0.15, -0.1) is 0 Å². The van der Waals surface area contributed by atoms with Crippen LogP contribution in [0.4, 0.5) is 0 Å². The van der Waals surface area contributed by atoms with Gasteiger partial charge in [-0.25, -0.2) is 4.98 Å². The van der Waals surface area contributed by atoms with E-state index in [4.69, 9.17) is 0 Å². The van der Waals surface area contributed by atoms with E-state index < -0.39 is 0 Å². The average Bonchev–Trinajstić information content (AvgIpc) is 2.51. The molecule has 2 aromatic rings. The first-order valence-electron chi connectivity index (χ1n) is 7.50. The fourth-order valence-corrected chi connectivity index (χ4v) is 3.31. The zero-order chi connectivity index (χ0) is 15.7. The second-order valence-corrected chi connectivity index (χ2v) is 6.69. The number of hydrogen-bond donors (Lipinski definition) is 0. The van der Waals surface area contributed by atoms with E-state index in [1.165, 1.54) is 10.9 Å². The minimum atomic E-state index is -0.177. The van der Waals surface area contributed by atoms with Crippen molar-refractivity contribution in [3.8, 4) is 0 Å². The molecule has 1 aliphatic heterocycles. The summed E-state index contributed by atoms with van der Waals surface area (Å²) < 4.78 is 2.23. The number of rotatable bonds is 2. The normalized spacial score (nSPS) is 18.6. The maximum atomic E-state index is 12.5. The number of carbonyl (C=O) groups is 1. The van der Waals surface area contributed by atoms with Crippen LogP contribution in [0.1, 0.15) is 26.2 Å². The third kappa shape index (κ3) is 2.92. The zero-order valence-electron chi connectivity index (χ0n) is 12.5. The first-order valence-corrected chi connectivity index (χ1v) is 8.30. The minimum absolute atomic E-state index is 0.00885. The minimum Gasteiger partial charge on any atom is -0.338 e.